The van der Waals surface area contributed by atoms with Crippen LogP contribution in [-0.4, -0.2) is 37.4 Å². The highest BCUT2D eigenvalue weighted by Gasteiger charge is 2.17. The van der Waals surface area contributed by atoms with Crippen LogP contribution in [0.5, 0.6) is 0 Å². The largest absolute Gasteiger partial charge is 0.320 e. The summed E-state index contributed by atoms with van der Waals surface area (Å²) >= 11 is 1.31. The zero-order valence-electron chi connectivity index (χ0n) is 13.4. The van der Waals surface area contributed by atoms with E-state index < -0.39 is 21.8 Å². The van der Waals surface area contributed by atoms with Crippen LogP contribution >= 0.6 is 23.7 Å². The van der Waals surface area contributed by atoms with Gasteiger partial charge in [-0.1, -0.05) is 24.3 Å². The van der Waals surface area contributed by atoms with Gasteiger partial charge in [-0.2, -0.15) is 0 Å². The van der Waals surface area contributed by atoms with Gasteiger partial charge in [0.25, 0.3) is 0 Å². The number of anilines is 1. The molecule has 1 aromatic heterocycles. The molecule has 1 amide bonds. The van der Waals surface area contributed by atoms with E-state index in [1.165, 1.54) is 11.3 Å². The van der Waals surface area contributed by atoms with Crippen molar-refractivity contribution in [1.29, 1.82) is 0 Å². The maximum atomic E-state index is 12.0. The summed E-state index contributed by atoms with van der Waals surface area (Å²) in [6.45, 7) is 1.99. The summed E-state index contributed by atoms with van der Waals surface area (Å²) in [7, 11) is -3.14. The third-order valence-corrected chi connectivity index (χ3v) is 5.03. The highest BCUT2D eigenvalue weighted by atomic mass is 35.5. The van der Waals surface area contributed by atoms with Crippen molar-refractivity contribution in [2.75, 3.05) is 17.3 Å². The molecule has 0 fully saturated rings. The number of hydrogen-bond donors (Lipinski definition) is 2. The van der Waals surface area contributed by atoms with Gasteiger partial charge in [-0.05, 0) is 18.9 Å². The van der Waals surface area contributed by atoms with Crippen LogP contribution in [0.15, 0.2) is 29.6 Å². The first-order valence-corrected chi connectivity index (χ1v) is 9.96. The van der Waals surface area contributed by atoms with Crippen molar-refractivity contribution in [1.82, 2.24) is 4.98 Å². The quantitative estimate of drug-likeness (QED) is 0.788. The predicted octanol–water partition coefficient (Wildman–Crippen LogP) is 2.24. The molecule has 0 aliphatic heterocycles. The number of thiazole rings is 1. The number of carbonyl (C=O) groups is 1. The Morgan fingerprint density at radius 3 is 2.67 bits per heavy atom. The van der Waals surface area contributed by atoms with Crippen molar-refractivity contribution < 1.29 is 13.2 Å². The normalized spacial score (nSPS) is 12.3. The fourth-order valence-electron chi connectivity index (χ4n) is 1.99. The second-order valence-corrected chi connectivity index (χ2v) is 8.48. The Labute approximate surface area is 151 Å². The second-order valence-electron chi connectivity index (χ2n) is 5.37. The number of nitrogens with one attached hydrogen (secondary N) is 1. The van der Waals surface area contributed by atoms with Gasteiger partial charge < -0.3 is 11.1 Å². The van der Waals surface area contributed by atoms with Crippen molar-refractivity contribution in [3.63, 3.8) is 0 Å². The molecule has 132 valence electrons. The van der Waals surface area contributed by atoms with Crippen LogP contribution in [0.1, 0.15) is 12.0 Å². The number of halogens is 1. The summed E-state index contributed by atoms with van der Waals surface area (Å²) < 4.78 is 22.2. The summed E-state index contributed by atoms with van der Waals surface area (Å²) in [5, 5.41) is 4.94. The number of rotatable bonds is 6. The topological polar surface area (TPSA) is 102 Å². The number of nitrogens with zero attached hydrogens (tertiary/aromatic N) is 1. The number of benzene rings is 1. The molecule has 1 heterocycles. The molecule has 3 N–H and O–H groups in total. The fraction of sp³-hybridized carbons (Fsp3) is 0.333. The first-order chi connectivity index (χ1) is 10.8. The van der Waals surface area contributed by atoms with Crippen LogP contribution in [0.4, 0.5) is 5.13 Å². The van der Waals surface area contributed by atoms with Gasteiger partial charge >= 0.3 is 0 Å². The molecule has 0 aliphatic rings. The molecule has 0 saturated heterocycles. The first-order valence-electron chi connectivity index (χ1n) is 7.02. The van der Waals surface area contributed by atoms with Gasteiger partial charge in [-0.3, -0.25) is 4.79 Å². The van der Waals surface area contributed by atoms with E-state index in [1.807, 2.05) is 36.6 Å². The van der Waals surface area contributed by atoms with E-state index in [4.69, 9.17) is 5.73 Å². The molecule has 0 saturated carbocycles. The molecule has 0 bridgehead atoms. The van der Waals surface area contributed by atoms with Gasteiger partial charge in [0, 0.05) is 17.2 Å². The lowest BCUT2D eigenvalue weighted by Crippen LogP contribution is -2.37. The standard InChI is InChI=1S/C15H19N3O3S2.ClH/c1-10-5-3-4-6-11(10)13-9-22-15(17-13)18-14(19)12(16)7-8-23(2,20)21;/h3-6,9,12H,7-8,16H2,1-2H3,(H,17,18,19);1H. The smallest absolute Gasteiger partial charge is 0.243 e. The van der Waals surface area contributed by atoms with Crippen molar-refractivity contribution in [3.05, 3.63) is 35.2 Å². The van der Waals surface area contributed by atoms with E-state index in [-0.39, 0.29) is 24.6 Å². The number of hydrogen-bond acceptors (Lipinski definition) is 6. The van der Waals surface area contributed by atoms with E-state index in [1.54, 1.807) is 0 Å². The minimum Gasteiger partial charge on any atom is -0.320 e. The number of nitrogens with two attached hydrogens (primary N) is 1. The summed E-state index contributed by atoms with van der Waals surface area (Å²) in [5.74, 6) is -0.548. The Bertz CT molecular complexity index is 806. The minimum absolute atomic E-state index is 0. The maximum absolute atomic E-state index is 12.0. The van der Waals surface area contributed by atoms with Crippen LogP contribution in [-0.2, 0) is 14.6 Å². The molecule has 1 atom stereocenters. The molecule has 1 unspecified atom stereocenters. The third-order valence-electron chi connectivity index (χ3n) is 3.29. The van der Waals surface area contributed by atoms with Crippen LogP contribution in [0, 0.1) is 6.92 Å². The lowest BCUT2D eigenvalue weighted by atomic mass is 10.1. The molecule has 24 heavy (non-hydrogen) atoms. The lowest BCUT2D eigenvalue weighted by molar-refractivity contribution is -0.117. The molecule has 1 aromatic carbocycles. The Morgan fingerprint density at radius 2 is 2.04 bits per heavy atom. The molecular weight excluding hydrogens is 370 g/mol. The van der Waals surface area contributed by atoms with Crippen molar-refractivity contribution in [2.24, 2.45) is 5.73 Å². The van der Waals surface area contributed by atoms with Gasteiger partial charge in [-0.25, -0.2) is 13.4 Å². The predicted molar refractivity (Wildman–Crippen MR) is 100 cm³/mol. The summed E-state index contributed by atoms with van der Waals surface area (Å²) in [6, 6.07) is 6.97. The number of amides is 1. The van der Waals surface area contributed by atoms with Gasteiger partial charge in [0.2, 0.25) is 5.91 Å². The zero-order valence-corrected chi connectivity index (χ0v) is 15.8. The van der Waals surface area contributed by atoms with Crippen LogP contribution in [0.25, 0.3) is 11.3 Å². The number of sulfone groups is 1. The maximum Gasteiger partial charge on any atom is 0.243 e. The van der Waals surface area contributed by atoms with Crippen LogP contribution < -0.4 is 11.1 Å². The molecule has 9 heteroatoms. The zero-order chi connectivity index (χ0) is 17.0. The molecule has 2 rings (SSSR count). The Hall–Kier alpha value is -1.48. The van der Waals surface area contributed by atoms with Crippen molar-refractivity contribution in [3.8, 4) is 11.3 Å². The Kier molecular flexibility index (Phi) is 7.34. The average Bonchev–Trinajstić information content (AvgIpc) is 2.92. The first kappa shape index (κ1) is 20.6. The van der Waals surface area contributed by atoms with Crippen molar-refractivity contribution >= 4 is 44.6 Å². The summed E-state index contributed by atoms with van der Waals surface area (Å²) in [5.41, 5.74) is 8.60. The SMILES string of the molecule is Cc1ccccc1-c1csc(NC(=O)C(N)CCS(C)(=O)=O)n1.Cl. The van der Waals surface area contributed by atoms with Crippen molar-refractivity contribution in [2.45, 2.75) is 19.4 Å². The number of aryl methyl sites for hydroxylation is 1. The highest BCUT2D eigenvalue weighted by molar-refractivity contribution is 7.90. The average molecular weight is 390 g/mol. The van der Waals surface area contributed by atoms with Crippen LogP contribution in [0.3, 0.4) is 0 Å². The fourth-order valence-corrected chi connectivity index (χ4v) is 3.38. The van der Waals surface area contributed by atoms with E-state index >= 15 is 0 Å². The lowest BCUT2D eigenvalue weighted by Gasteiger charge is -2.09. The summed E-state index contributed by atoms with van der Waals surface area (Å²) in [4.78, 5) is 16.4. The molecule has 0 spiro atoms. The highest BCUT2D eigenvalue weighted by Crippen LogP contribution is 2.27. The second kappa shape index (κ2) is 8.57. The van der Waals surface area contributed by atoms with Gasteiger partial charge in [-0.15, -0.1) is 23.7 Å². The summed E-state index contributed by atoms with van der Waals surface area (Å²) in [6.07, 6.45) is 1.20. The molecule has 2 aromatic rings. The molecule has 0 radical (unpaired) electrons. The van der Waals surface area contributed by atoms with E-state index in [2.05, 4.69) is 10.3 Å². The van der Waals surface area contributed by atoms with E-state index in [0.717, 1.165) is 23.1 Å². The van der Waals surface area contributed by atoms with Gasteiger partial charge in [0.1, 0.15) is 9.84 Å². The molecular formula is C15H20ClN3O3S2. The van der Waals surface area contributed by atoms with Gasteiger partial charge in [0.05, 0.1) is 17.5 Å². The molecule has 0 aliphatic carbocycles. The van der Waals surface area contributed by atoms with E-state index in [0.29, 0.717) is 5.13 Å². The van der Waals surface area contributed by atoms with Gasteiger partial charge in [0.15, 0.2) is 5.13 Å². The van der Waals surface area contributed by atoms with Crippen LogP contribution in [0.2, 0.25) is 0 Å². The Morgan fingerprint density at radius 1 is 1.38 bits per heavy atom. The Balaban J connectivity index is 0.00000288. The number of carbonyl (C=O) groups excluding carboxylic acids is 1. The third kappa shape index (κ3) is 5.86. The van der Waals surface area contributed by atoms with E-state index in [9.17, 15) is 13.2 Å². The molecule has 6 nitrogen and oxygen atoms in total. The number of aromatic nitrogens is 1. The monoisotopic (exact) mass is 389 g/mol. The minimum atomic E-state index is -3.14.